The zero-order valence-corrected chi connectivity index (χ0v) is 23.1. The molecule has 0 bridgehead atoms. The quantitative estimate of drug-likeness (QED) is 0.321. The molecule has 2 aliphatic rings. The molecular formula is C32H43N3O4. The first-order valence-corrected chi connectivity index (χ1v) is 14.4. The molecule has 4 N–H and O–H groups in total. The molecule has 7 heteroatoms. The molecule has 1 fully saturated rings. The fourth-order valence-corrected chi connectivity index (χ4v) is 6.09. The van der Waals surface area contributed by atoms with E-state index in [1.54, 1.807) is 18.5 Å². The second kappa shape index (κ2) is 13.9. The van der Waals surface area contributed by atoms with Crippen molar-refractivity contribution in [3.8, 4) is 0 Å². The van der Waals surface area contributed by atoms with E-state index in [4.69, 9.17) is 0 Å². The molecule has 1 saturated carbocycles. The molecule has 0 aliphatic heterocycles. The van der Waals surface area contributed by atoms with Crippen molar-refractivity contribution in [2.45, 2.75) is 89.5 Å². The first-order chi connectivity index (χ1) is 18.8. The van der Waals surface area contributed by atoms with Crippen molar-refractivity contribution in [2.75, 3.05) is 0 Å². The van der Waals surface area contributed by atoms with Crippen LogP contribution in [0.2, 0.25) is 0 Å². The molecule has 0 unspecified atom stereocenters. The summed E-state index contributed by atoms with van der Waals surface area (Å²) in [4.78, 5) is 30.4. The van der Waals surface area contributed by atoms with E-state index in [9.17, 15) is 19.8 Å². The van der Waals surface area contributed by atoms with Crippen molar-refractivity contribution in [3.63, 3.8) is 0 Å². The molecule has 4 rings (SSSR count). The molecular weight excluding hydrogens is 490 g/mol. The van der Waals surface area contributed by atoms with Gasteiger partial charge in [0.1, 0.15) is 0 Å². The maximum Gasteiger partial charge on any atom is 0.244 e. The third-order valence-electron chi connectivity index (χ3n) is 8.35. The van der Waals surface area contributed by atoms with E-state index in [0.29, 0.717) is 18.8 Å². The number of pyridine rings is 1. The number of aromatic nitrogens is 1. The third kappa shape index (κ3) is 7.99. The van der Waals surface area contributed by atoms with Crippen LogP contribution in [-0.4, -0.2) is 45.3 Å². The Morgan fingerprint density at radius 3 is 2.59 bits per heavy atom. The van der Waals surface area contributed by atoms with Crippen LogP contribution in [0.4, 0.5) is 0 Å². The van der Waals surface area contributed by atoms with Gasteiger partial charge in [0.25, 0.3) is 0 Å². The number of rotatable bonds is 11. The molecule has 0 saturated heterocycles. The summed E-state index contributed by atoms with van der Waals surface area (Å²) < 4.78 is 0. The van der Waals surface area contributed by atoms with Gasteiger partial charge in [-0.3, -0.25) is 14.6 Å². The molecule has 2 aromatic rings. The normalized spacial score (nSPS) is 21.9. The zero-order chi connectivity index (χ0) is 27.8. The van der Waals surface area contributed by atoms with Crippen LogP contribution < -0.4 is 10.6 Å². The van der Waals surface area contributed by atoms with Gasteiger partial charge in [-0.25, -0.2) is 0 Å². The number of benzene rings is 1. The van der Waals surface area contributed by atoms with Crippen LogP contribution in [-0.2, 0) is 16.0 Å². The topological polar surface area (TPSA) is 112 Å². The minimum atomic E-state index is -0.874. The van der Waals surface area contributed by atoms with Crippen LogP contribution in [0.5, 0.6) is 0 Å². The standard InChI is InChI=1S/C32H43N3O4/c1-21(2)26(32(39)35-31-25-13-7-6-12-24(25)18-29(31)37)19-28(36)27(17-22-9-4-3-5-10-22)34-30(38)15-14-23-11-8-16-33-20-23/h6-8,11-16,20-22,26-29,31,36-37H,3-5,9-10,17-19H2,1-2H3,(H,34,38)(H,35,39)/t26-,27-,28-,29+,31-/m0/s1. The average molecular weight is 534 g/mol. The molecule has 7 nitrogen and oxygen atoms in total. The summed E-state index contributed by atoms with van der Waals surface area (Å²) in [6, 6.07) is 10.6. The highest BCUT2D eigenvalue weighted by atomic mass is 16.3. The molecule has 210 valence electrons. The fourth-order valence-electron chi connectivity index (χ4n) is 6.09. The molecule has 1 aromatic carbocycles. The van der Waals surface area contributed by atoms with Gasteiger partial charge in [-0.1, -0.05) is 76.3 Å². The molecule has 5 atom stereocenters. The largest absolute Gasteiger partial charge is 0.391 e. The summed E-state index contributed by atoms with van der Waals surface area (Å²) in [6.07, 6.45) is 12.2. The predicted octanol–water partition coefficient (Wildman–Crippen LogP) is 4.35. The summed E-state index contributed by atoms with van der Waals surface area (Å²) in [7, 11) is 0. The van der Waals surface area contributed by atoms with E-state index in [1.165, 1.54) is 25.3 Å². The second-order valence-corrected chi connectivity index (χ2v) is 11.6. The van der Waals surface area contributed by atoms with Crippen molar-refractivity contribution in [3.05, 3.63) is 71.6 Å². The number of amides is 2. The monoisotopic (exact) mass is 533 g/mol. The van der Waals surface area contributed by atoms with Gasteiger partial charge in [-0.05, 0) is 53.5 Å². The third-order valence-corrected chi connectivity index (χ3v) is 8.35. The van der Waals surface area contributed by atoms with E-state index in [1.807, 2.05) is 50.2 Å². The Balaban J connectivity index is 1.44. The smallest absolute Gasteiger partial charge is 0.244 e. The molecule has 0 spiro atoms. The van der Waals surface area contributed by atoms with Gasteiger partial charge in [0, 0.05) is 30.8 Å². The van der Waals surface area contributed by atoms with Crippen LogP contribution in [0, 0.1) is 17.8 Å². The Morgan fingerprint density at radius 1 is 1.10 bits per heavy atom. The number of hydrogen-bond donors (Lipinski definition) is 4. The number of fused-ring (bicyclic) bond motifs is 1. The summed E-state index contributed by atoms with van der Waals surface area (Å²) >= 11 is 0. The van der Waals surface area contributed by atoms with Crippen LogP contribution in [0.3, 0.4) is 0 Å². The fraction of sp³-hybridized carbons (Fsp3) is 0.531. The maximum absolute atomic E-state index is 13.5. The van der Waals surface area contributed by atoms with Crippen molar-refractivity contribution in [1.29, 1.82) is 0 Å². The van der Waals surface area contributed by atoms with Crippen molar-refractivity contribution >= 4 is 17.9 Å². The minimum absolute atomic E-state index is 0.0232. The van der Waals surface area contributed by atoms with Gasteiger partial charge in [0.15, 0.2) is 0 Å². The second-order valence-electron chi connectivity index (χ2n) is 11.6. The number of nitrogens with zero attached hydrogens (tertiary/aromatic N) is 1. The number of hydrogen-bond acceptors (Lipinski definition) is 5. The summed E-state index contributed by atoms with van der Waals surface area (Å²) in [5, 5.41) is 28.2. The van der Waals surface area contributed by atoms with Crippen molar-refractivity contribution < 1.29 is 19.8 Å². The van der Waals surface area contributed by atoms with E-state index >= 15 is 0 Å². The minimum Gasteiger partial charge on any atom is -0.391 e. The lowest BCUT2D eigenvalue weighted by Crippen LogP contribution is -2.47. The molecule has 2 aliphatic carbocycles. The van der Waals surface area contributed by atoms with Gasteiger partial charge < -0.3 is 20.8 Å². The number of aliphatic hydroxyl groups is 2. The number of carbonyl (C=O) groups is 2. The van der Waals surface area contributed by atoms with E-state index in [0.717, 1.165) is 29.5 Å². The Hall–Kier alpha value is -3.03. The van der Waals surface area contributed by atoms with Crippen LogP contribution in [0.15, 0.2) is 54.9 Å². The lowest BCUT2D eigenvalue weighted by Gasteiger charge is -2.32. The van der Waals surface area contributed by atoms with E-state index < -0.39 is 30.2 Å². The summed E-state index contributed by atoms with van der Waals surface area (Å²) in [6.45, 7) is 3.95. The Kier molecular flexibility index (Phi) is 10.3. The summed E-state index contributed by atoms with van der Waals surface area (Å²) in [5.41, 5.74) is 2.82. The molecule has 39 heavy (non-hydrogen) atoms. The lowest BCUT2D eigenvalue weighted by molar-refractivity contribution is -0.129. The molecule has 0 radical (unpaired) electrons. The van der Waals surface area contributed by atoms with Gasteiger partial charge in [-0.15, -0.1) is 0 Å². The SMILES string of the molecule is CC(C)[C@H](C[C@H](O)[C@H](CC1CCCCC1)NC(=O)C=Cc1cccnc1)C(=O)N[C@H]1c2ccccc2C[C@H]1O. The Morgan fingerprint density at radius 2 is 1.87 bits per heavy atom. The summed E-state index contributed by atoms with van der Waals surface area (Å²) in [5.74, 6) is -0.488. The van der Waals surface area contributed by atoms with Crippen LogP contribution in [0.25, 0.3) is 6.08 Å². The molecule has 1 heterocycles. The zero-order valence-electron chi connectivity index (χ0n) is 23.1. The molecule has 2 amide bonds. The number of carbonyl (C=O) groups excluding carboxylic acids is 2. The van der Waals surface area contributed by atoms with Gasteiger partial charge in [0.05, 0.1) is 24.3 Å². The Labute approximate surface area is 232 Å². The lowest BCUT2D eigenvalue weighted by atomic mass is 9.81. The highest BCUT2D eigenvalue weighted by Gasteiger charge is 2.36. The van der Waals surface area contributed by atoms with E-state index in [-0.39, 0.29) is 24.2 Å². The van der Waals surface area contributed by atoms with Gasteiger partial charge in [-0.2, -0.15) is 0 Å². The van der Waals surface area contributed by atoms with Gasteiger partial charge in [0.2, 0.25) is 11.8 Å². The van der Waals surface area contributed by atoms with Crippen molar-refractivity contribution in [1.82, 2.24) is 15.6 Å². The first kappa shape index (κ1) is 29.0. The maximum atomic E-state index is 13.5. The highest BCUT2D eigenvalue weighted by molar-refractivity contribution is 5.91. The Bertz CT molecular complexity index is 1110. The molecule has 1 aromatic heterocycles. The van der Waals surface area contributed by atoms with Crippen LogP contribution >= 0.6 is 0 Å². The number of aliphatic hydroxyl groups excluding tert-OH is 2. The first-order valence-electron chi connectivity index (χ1n) is 14.4. The van der Waals surface area contributed by atoms with Crippen LogP contribution in [0.1, 0.15) is 81.5 Å². The highest BCUT2D eigenvalue weighted by Crippen LogP contribution is 2.33. The predicted molar refractivity (Wildman–Crippen MR) is 152 cm³/mol. The van der Waals surface area contributed by atoms with Crippen molar-refractivity contribution in [2.24, 2.45) is 17.8 Å². The van der Waals surface area contributed by atoms with Gasteiger partial charge >= 0.3 is 0 Å². The average Bonchev–Trinajstić information content (AvgIpc) is 3.25. The van der Waals surface area contributed by atoms with E-state index in [2.05, 4.69) is 15.6 Å². The number of nitrogens with one attached hydrogen (secondary N) is 2.